The fourth-order valence-corrected chi connectivity index (χ4v) is 7.33. The Morgan fingerprint density at radius 3 is 2.32 bits per heavy atom. The molecule has 0 aromatic carbocycles. The molecule has 4 heteroatoms. The summed E-state index contributed by atoms with van der Waals surface area (Å²) in [5.74, 6) is 1.32. The molecule has 0 aromatic rings. The van der Waals surface area contributed by atoms with Gasteiger partial charge in [0.1, 0.15) is 0 Å². The molecule has 2 rings (SSSR count). The zero-order valence-corrected chi connectivity index (χ0v) is 21.1. The highest BCUT2D eigenvalue weighted by molar-refractivity contribution is 6.74. The van der Waals surface area contributed by atoms with Gasteiger partial charge in [-0.3, -0.25) is 0 Å². The molecule has 166 valence electrons. The molecule has 0 radical (unpaired) electrons. The van der Waals surface area contributed by atoms with Crippen LogP contribution in [0, 0.1) is 23.2 Å². The van der Waals surface area contributed by atoms with Gasteiger partial charge in [0.15, 0.2) is 8.32 Å². The maximum atomic E-state index is 11.1. The molecule has 0 unspecified atom stereocenters. The number of aliphatic hydroxyl groups is 2. The van der Waals surface area contributed by atoms with E-state index in [0.29, 0.717) is 23.9 Å². The van der Waals surface area contributed by atoms with Crippen LogP contribution in [0.25, 0.3) is 0 Å². The quantitative estimate of drug-likeness (QED) is 0.494. The van der Waals surface area contributed by atoms with Crippen LogP contribution in [0.1, 0.15) is 93.4 Å². The minimum atomic E-state index is -1.81. The molecule has 0 spiro atoms. The number of fused-ring (bicyclic) bond motifs is 1. The highest BCUT2D eigenvalue weighted by Gasteiger charge is 2.57. The van der Waals surface area contributed by atoms with Crippen LogP contribution in [0.4, 0.5) is 0 Å². The van der Waals surface area contributed by atoms with Gasteiger partial charge in [0.05, 0.1) is 11.7 Å². The number of hydrogen-bond acceptors (Lipinski definition) is 3. The van der Waals surface area contributed by atoms with Crippen LogP contribution in [0.2, 0.25) is 18.1 Å². The Balaban J connectivity index is 2.12. The van der Waals surface area contributed by atoms with Crippen molar-refractivity contribution < 1.29 is 14.6 Å². The SMILES string of the molecule is C[C@@H](CCCC(C)(C)O)[C@@H]1[C@@H](O)C[C@H]2[C@@H](O[Si](C)(C)C(C)(C)C)CCC[C@]12C. The molecule has 3 nitrogen and oxygen atoms in total. The lowest BCUT2D eigenvalue weighted by molar-refractivity contribution is -0.0310. The zero-order valence-electron chi connectivity index (χ0n) is 20.1. The van der Waals surface area contributed by atoms with Gasteiger partial charge in [-0.1, -0.05) is 53.9 Å². The van der Waals surface area contributed by atoms with Crippen LogP contribution in [0.15, 0.2) is 0 Å². The van der Waals surface area contributed by atoms with Gasteiger partial charge in [0.2, 0.25) is 0 Å². The first kappa shape index (κ1) is 24.4. The van der Waals surface area contributed by atoms with Crippen molar-refractivity contribution in [3.63, 3.8) is 0 Å². The molecular weight excluding hydrogens is 364 g/mol. The minimum Gasteiger partial charge on any atom is -0.414 e. The third-order valence-corrected chi connectivity index (χ3v) is 13.0. The summed E-state index contributed by atoms with van der Waals surface area (Å²) in [7, 11) is -1.81. The predicted molar refractivity (Wildman–Crippen MR) is 121 cm³/mol. The number of aliphatic hydroxyl groups excluding tert-OH is 1. The van der Waals surface area contributed by atoms with E-state index in [1.807, 2.05) is 13.8 Å². The van der Waals surface area contributed by atoms with Crippen LogP contribution in [0.5, 0.6) is 0 Å². The van der Waals surface area contributed by atoms with Gasteiger partial charge < -0.3 is 14.6 Å². The van der Waals surface area contributed by atoms with Gasteiger partial charge in [-0.15, -0.1) is 0 Å². The second-order valence-electron chi connectivity index (χ2n) is 12.4. The van der Waals surface area contributed by atoms with E-state index in [0.717, 1.165) is 32.1 Å². The minimum absolute atomic E-state index is 0.179. The van der Waals surface area contributed by atoms with Crippen LogP contribution >= 0.6 is 0 Å². The Kier molecular flexibility index (Phi) is 7.24. The standard InChI is InChI=1S/C24H48O3Si/c1-17(12-10-14-23(5,6)26)21-19(25)16-18-20(13-11-15-24(18,21)7)27-28(8,9)22(2,3)4/h17-21,25-26H,10-16H2,1-9H3/t17-,18-,19-,20-,21+,24-/m0/s1. The molecule has 0 heterocycles. The lowest BCUT2D eigenvalue weighted by atomic mass is 9.61. The second-order valence-corrected chi connectivity index (χ2v) is 17.2. The molecule has 0 aromatic heterocycles. The normalized spacial score (nSPS) is 35.7. The summed E-state index contributed by atoms with van der Waals surface area (Å²) in [6, 6.07) is 0. The van der Waals surface area contributed by atoms with Crippen LogP contribution in [-0.4, -0.2) is 36.3 Å². The molecule has 2 fully saturated rings. The smallest absolute Gasteiger partial charge is 0.192 e. The van der Waals surface area contributed by atoms with Crippen LogP contribution in [0.3, 0.4) is 0 Å². The summed E-state index contributed by atoms with van der Waals surface area (Å²) in [6.45, 7) is 20.2. The molecule has 6 atom stereocenters. The Bertz CT molecular complexity index is 519. The summed E-state index contributed by atoms with van der Waals surface area (Å²) in [4.78, 5) is 0. The van der Waals surface area contributed by atoms with Crippen molar-refractivity contribution in [1.29, 1.82) is 0 Å². The van der Waals surface area contributed by atoms with Crippen molar-refractivity contribution in [2.75, 3.05) is 0 Å². The summed E-state index contributed by atoms with van der Waals surface area (Å²) < 4.78 is 6.92. The second kappa shape index (κ2) is 8.32. The molecule has 0 aliphatic heterocycles. The Labute approximate surface area is 175 Å². The van der Waals surface area contributed by atoms with Gasteiger partial charge in [-0.2, -0.15) is 0 Å². The average molecular weight is 413 g/mol. The van der Waals surface area contributed by atoms with E-state index in [-0.39, 0.29) is 16.6 Å². The number of hydrogen-bond donors (Lipinski definition) is 2. The third kappa shape index (κ3) is 5.22. The Morgan fingerprint density at radius 1 is 1.18 bits per heavy atom. The summed E-state index contributed by atoms with van der Waals surface area (Å²) in [5, 5.41) is 21.4. The fraction of sp³-hybridized carbons (Fsp3) is 1.00. The van der Waals surface area contributed by atoms with Gasteiger partial charge >= 0.3 is 0 Å². The van der Waals surface area contributed by atoms with E-state index in [9.17, 15) is 10.2 Å². The van der Waals surface area contributed by atoms with Crippen LogP contribution in [-0.2, 0) is 4.43 Å². The molecule has 28 heavy (non-hydrogen) atoms. The molecule has 0 amide bonds. The summed E-state index contributed by atoms with van der Waals surface area (Å²) >= 11 is 0. The first-order chi connectivity index (χ1) is 12.6. The fourth-order valence-electron chi connectivity index (χ4n) is 5.94. The highest BCUT2D eigenvalue weighted by Crippen LogP contribution is 2.59. The van der Waals surface area contributed by atoms with Crippen molar-refractivity contribution in [1.82, 2.24) is 0 Å². The number of rotatable bonds is 7. The molecule has 2 N–H and O–H groups in total. The molecule has 2 aliphatic rings. The van der Waals surface area contributed by atoms with E-state index in [1.54, 1.807) is 0 Å². The lowest BCUT2D eigenvalue weighted by Gasteiger charge is -2.49. The average Bonchev–Trinajstić information content (AvgIpc) is 2.75. The van der Waals surface area contributed by atoms with E-state index < -0.39 is 13.9 Å². The van der Waals surface area contributed by atoms with E-state index in [2.05, 4.69) is 47.7 Å². The van der Waals surface area contributed by atoms with Gasteiger partial charge in [0, 0.05) is 6.10 Å². The first-order valence-electron chi connectivity index (χ1n) is 11.7. The Hall–Kier alpha value is 0.0969. The van der Waals surface area contributed by atoms with Crippen molar-refractivity contribution in [3.8, 4) is 0 Å². The summed E-state index contributed by atoms with van der Waals surface area (Å²) in [6.07, 6.45) is 7.52. The van der Waals surface area contributed by atoms with Crippen molar-refractivity contribution >= 4 is 8.32 Å². The molecule has 0 bridgehead atoms. The van der Waals surface area contributed by atoms with E-state index >= 15 is 0 Å². The van der Waals surface area contributed by atoms with Crippen molar-refractivity contribution in [2.24, 2.45) is 23.2 Å². The van der Waals surface area contributed by atoms with E-state index in [4.69, 9.17) is 4.43 Å². The highest BCUT2D eigenvalue weighted by atomic mass is 28.4. The monoisotopic (exact) mass is 412 g/mol. The molecule has 0 saturated heterocycles. The van der Waals surface area contributed by atoms with Crippen molar-refractivity contribution in [2.45, 2.75) is 129 Å². The van der Waals surface area contributed by atoms with Crippen LogP contribution < -0.4 is 0 Å². The molecule has 2 aliphatic carbocycles. The summed E-state index contributed by atoms with van der Waals surface area (Å²) in [5.41, 5.74) is -0.410. The zero-order chi connectivity index (χ0) is 21.5. The topological polar surface area (TPSA) is 49.7 Å². The van der Waals surface area contributed by atoms with Gasteiger partial charge in [0.25, 0.3) is 0 Å². The maximum Gasteiger partial charge on any atom is 0.192 e. The molecular formula is C24H48O3Si. The van der Waals surface area contributed by atoms with E-state index in [1.165, 1.54) is 12.8 Å². The maximum absolute atomic E-state index is 11.1. The van der Waals surface area contributed by atoms with Gasteiger partial charge in [-0.05, 0) is 80.8 Å². The third-order valence-electron chi connectivity index (χ3n) is 8.48. The molecule has 2 saturated carbocycles. The largest absolute Gasteiger partial charge is 0.414 e. The Morgan fingerprint density at radius 2 is 1.79 bits per heavy atom. The first-order valence-corrected chi connectivity index (χ1v) is 14.6. The lowest BCUT2D eigenvalue weighted by Crippen LogP contribution is -2.50. The van der Waals surface area contributed by atoms with Gasteiger partial charge in [-0.25, -0.2) is 0 Å². The van der Waals surface area contributed by atoms with Crippen molar-refractivity contribution in [3.05, 3.63) is 0 Å². The predicted octanol–water partition coefficient (Wildman–Crippen LogP) is 6.14.